The lowest BCUT2D eigenvalue weighted by molar-refractivity contribution is 0.531. The molecule has 0 amide bonds. The second-order valence-electron chi connectivity index (χ2n) is 3.77. The molecule has 1 aliphatic rings. The highest BCUT2D eigenvalue weighted by Crippen LogP contribution is 2.28. The number of rotatable bonds is 2. The van der Waals surface area contributed by atoms with Crippen molar-refractivity contribution in [1.29, 1.82) is 0 Å². The Morgan fingerprint density at radius 3 is 2.77 bits per heavy atom. The minimum Gasteiger partial charge on any atom is -0.313 e. The quantitative estimate of drug-likeness (QED) is 0.728. The molecule has 13 heavy (non-hydrogen) atoms. The SMILES string of the molecule is CCC1NCCC1c1ccccc1. The molecule has 1 aromatic rings. The van der Waals surface area contributed by atoms with Gasteiger partial charge in [-0.15, -0.1) is 0 Å². The van der Waals surface area contributed by atoms with Crippen LogP contribution in [0.15, 0.2) is 30.3 Å². The highest BCUT2D eigenvalue weighted by Gasteiger charge is 2.25. The molecule has 1 N–H and O–H groups in total. The molecule has 1 fully saturated rings. The summed E-state index contributed by atoms with van der Waals surface area (Å²) in [7, 11) is 0. The summed E-state index contributed by atoms with van der Waals surface area (Å²) in [6.45, 7) is 3.44. The average Bonchev–Trinajstić information content (AvgIpc) is 2.67. The Hall–Kier alpha value is -0.820. The maximum Gasteiger partial charge on any atom is 0.0134 e. The van der Waals surface area contributed by atoms with E-state index in [2.05, 4.69) is 42.6 Å². The first kappa shape index (κ1) is 8.76. The Morgan fingerprint density at radius 2 is 2.08 bits per heavy atom. The molecule has 1 aliphatic heterocycles. The summed E-state index contributed by atoms with van der Waals surface area (Å²) >= 11 is 0. The Bertz CT molecular complexity index is 255. The van der Waals surface area contributed by atoms with Gasteiger partial charge in [0.25, 0.3) is 0 Å². The second kappa shape index (κ2) is 3.93. The minimum atomic E-state index is 0.697. The van der Waals surface area contributed by atoms with Crippen LogP contribution >= 0.6 is 0 Å². The molecular weight excluding hydrogens is 158 g/mol. The predicted octanol–water partition coefficient (Wildman–Crippen LogP) is 2.54. The van der Waals surface area contributed by atoms with Gasteiger partial charge in [-0.25, -0.2) is 0 Å². The number of hydrogen-bond acceptors (Lipinski definition) is 1. The van der Waals surface area contributed by atoms with Gasteiger partial charge in [0.15, 0.2) is 0 Å². The third-order valence-corrected chi connectivity index (χ3v) is 3.02. The highest BCUT2D eigenvalue weighted by molar-refractivity contribution is 5.22. The molecule has 0 radical (unpaired) electrons. The van der Waals surface area contributed by atoms with E-state index in [0.717, 1.165) is 5.92 Å². The lowest BCUT2D eigenvalue weighted by Crippen LogP contribution is -2.24. The van der Waals surface area contributed by atoms with Gasteiger partial charge in [-0.2, -0.15) is 0 Å². The first-order chi connectivity index (χ1) is 6.42. The fourth-order valence-corrected chi connectivity index (χ4v) is 2.30. The van der Waals surface area contributed by atoms with Crippen molar-refractivity contribution in [3.63, 3.8) is 0 Å². The lowest BCUT2D eigenvalue weighted by atomic mass is 9.91. The van der Waals surface area contributed by atoms with E-state index in [1.807, 2.05) is 0 Å². The zero-order valence-corrected chi connectivity index (χ0v) is 8.16. The third kappa shape index (κ3) is 1.75. The Balaban J connectivity index is 2.16. The van der Waals surface area contributed by atoms with E-state index in [1.165, 1.54) is 24.9 Å². The molecule has 1 heteroatoms. The fraction of sp³-hybridized carbons (Fsp3) is 0.500. The molecule has 70 valence electrons. The van der Waals surface area contributed by atoms with Crippen LogP contribution in [0.4, 0.5) is 0 Å². The standard InChI is InChI=1S/C12H17N/c1-2-12-11(8-9-13-12)10-6-4-3-5-7-10/h3-7,11-13H,2,8-9H2,1H3. The van der Waals surface area contributed by atoms with E-state index in [4.69, 9.17) is 0 Å². The van der Waals surface area contributed by atoms with Crippen molar-refractivity contribution >= 4 is 0 Å². The molecule has 0 aliphatic carbocycles. The largest absolute Gasteiger partial charge is 0.313 e. The van der Waals surface area contributed by atoms with Crippen LogP contribution in [0.1, 0.15) is 31.2 Å². The number of hydrogen-bond donors (Lipinski definition) is 1. The topological polar surface area (TPSA) is 12.0 Å². The summed E-state index contributed by atoms with van der Waals surface area (Å²) < 4.78 is 0. The third-order valence-electron chi connectivity index (χ3n) is 3.02. The summed E-state index contributed by atoms with van der Waals surface area (Å²) in [4.78, 5) is 0. The van der Waals surface area contributed by atoms with Gasteiger partial charge in [0.05, 0.1) is 0 Å². The predicted molar refractivity (Wildman–Crippen MR) is 55.9 cm³/mol. The van der Waals surface area contributed by atoms with Crippen molar-refractivity contribution in [3.8, 4) is 0 Å². The van der Waals surface area contributed by atoms with E-state index in [9.17, 15) is 0 Å². The molecule has 1 aromatic carbocycles. The van der Waals surface area contributed by atoms with Crippen LogP contribution in [-0.4, -0.2) is 12.6 Å². The van der Waals surface area contributed by atoms with Crippen molar-refractivity contribution in [2.75, 3.05) is 6.54 Å². The molecule has 0 bridgehead atoms. The van der Waals surface area contributed by atoms with Crippen molar-refractivity contribution in [2.24, 2.45) is 0 Å². The summed E-state index contributed by atoms with van der Waals surface area (Å²) in [6.07, 6.45) is 2.53. The minimum absolute atomic E-state index is 0.697. The van der Waals surface area contributed by atoms with Gasteiger partial charge in [0.2, 0.25) is 0 Å². The van der Waals surface area contributed by atoms with Crippen LogP contribution in [0.5, 0.6) is 0 Å². The average molecular weight is 175 g/mol. The van der Waals surface area contributed by atoms with Gasteiger partial charge in [0.1, 0.15) is 0 Å². The van der Waals surface area contributed by atoms with E-state index in [1.54, 1.807) is 0 Å². The monoisotopic (exact) mass is 175 g/mol. The van der Waals surface area contributed by atoms with E-state index in [0.29, 0.717) is 6.04 Å². The van der Waals surface area contributed by atoms with Crippen LogP contribution in [0, 0.1) is 0 Å². The van der Waals surface area contributed by atoms with Crippen molar-refractivity contribution in [1.82, 2.24) is 5.32 Å². The zero-order valence-electron chi connectivity index (χ0n) is 8.16. The molecule has 1 nitrogen and oxygen atoms in total. The first-order valence-electron chi connectivity index (χ1n) is 5.20. The van der Waals surface area contributed by atoms with E-state index >= 15 is 0 Å². The van der Waals surface area contributed by atoms with Crippen LogP contribution in [0.3, 0.4) is 0 Å². The Morgan fingerprint density at radius 1 is 1.31 bits per heavy atom. The Kier molecular flexibility index (Phi) is 2.65. The molecule has 1 saturated heterocycles. The van der Waals surface area contributed by atoms with E-state index in [-0.39, 0.29) is 0 Å². The summed E-state index contributed by atoms with van der Waals surface area (Å²) in [5.41, 5.74) is 1.50. The molecule has 2 unspecified atom stereocenters. The first-order valence-corrected chi connectivity index (χ1v) is 5.20. The molecule has 0 spiro atoms. The maximum absolute atomic E-state index is 3.55. The second-order valence-corrected chi connectivity index (χ2v) is 3.77. The van der Waals surface area contributed by atoms with Crippen molar-refractivity contribution < 1.29 is 0 Å². The van der Waals surface area contributed by atoms with Crippen LogP contribution in [-0.2, 0) is 0 Å². The maximum atomic E-state index is 3.55. The molecule has 1 heterocycles. The summed E-state index contributed by atoms with van der Waals surface area (Å²) in [5.74, 6) is 0.742. The van der Waals surface area contributed by atoms with Crippen molar-refractivity contribution in [3.05, 3.63) is 35.9 Å². The molecule has 0 aromatic heterocycles. The van der Waals surface area contributed by atoms with Gasteiger partial charge >= 0.3 is 0 Å². The Labute approximate surface area is 80.2 Å². The normalized spacial score (nSPS) is 27.8. The molecule has 2 atom stereocenters. The van der Waals surface area contributed by atoms with Crippen LogP contribution in [0.2, 0.25) is 0 Å². The van der Waals surface area contributed by atoms with E-state index < -0.39 is 0 Å². The summed E-state index contributed by atoms with van der Waals surface area (Å²) in [6, 6.07) is 11.6. The van der Waals surface area contributed by atoms with Gasteiger partial charge in [-0.05, 0) is 24.9 Å². The summed E-state index contributed by atoms with van der Waals surface area (Å²) in [5, 5.41) is 3.55. The molecule has 0 saturated carbocycles. The number of nitrogens with one attached hydrogen (secondary N) is 1. The van der Waals surface area contributed by atoms with Gasteiger partial charge < -0.3 is 5.32 Å². The van der Waals surface area contributed by atoms with Gasteiger partial charge in [-0.3, -0.25) is 0 Å². The van der Waals surface area contributed by atoms with Crippen LogP contribution in [0.25, 0.3) is 0 Å². The van der Waals surface area contributed by atoms with Gasteiger partial charge in [0, 0.05) is 12.0 Å². The smallest absolute Gasteiger partial charge is 0.0134 e. The van der Waals surface area contributed by atoms with Crippen LogP contribution < -0.4 is 5.32 Å². The highest BCUT2D eigenvalue weighted by atomic mass is 14.9. The molecule has 2 rings (SSSR count). The van der Waals surface area contributed by atoms with Crippen molar-refractivity contribution in [2.45, 2.75) is 31.7 Å². The zero-order chi connectivity index (χ0) is 9.10. The molecular formula is C12H17N. The fourth-order valence-electron chi connectivity index (χ4n) is 2.30. The lowest BCUT2D eigenvalue weighted by Gasteiger charge is -2.17. The number of benzene rings is 1. The van der Waals surface area contributed by atoms with Gasteiger partial charge in [-0.1, -0.05) is 37.3 Å².